The summed E-state index contributed by atoms with van der Waals surface area (Å²) in [6, 6.07) is 10.5. The van der Waals surface area contributed by atoms with Gasteiger partial charge in [-0.05, 0) is 30.7 Å². The first-order chi connectivity index (χ1) is 12.8. The normalized spacial score (nSPS) is 11.9. The zero-order valence-corrected chi connectivity index (χ0v) is 14.9. The maximum atomic E-state index is 13.2. The summed E-state index contributed by atoms with van der Waals surface area (Å²) in [4.78, 5) is 12.0. The van der Waals surface area contributed by atoms with Crippen LogP contribution < -0.4 is 5.32 Å². The zero-order chi connectivity index (χ0) is 19.4. The Morgan fingerprint density at radius 3 is 2.67 bits per heavy atom. The topological polar surface area (TPSA) is 60.1 Å². The minimum Gasteiger partial charge on any atom is -0.458 e. The number of halogens is 2. The summed E-state index contributed by atoms with van der Waals surface area (Å²) in [5.41, 5.74) is 2.57. The molecule has 3 rings (SSSR count). The van der Waals surface area contributed by atoms with Crippen LogP contribution in [0.2, 0.25) is 0 Å². The molecule has 2 aromatic heterocycles. The number of furan rings is 1. The smallest absolute Gasteiger partial charge is 0.301 e. The molecule has 1 amide bonds. The fraction of sp³-hybridized carbons (Fsp3) is 0.200. The Labute approximate surface area is 155 Å². The van der Waals surface area contributed by atoms with Gasteiger partial charge in [0.25, 0.3) is 0 Å². The van der Waals surface area contributed by atoms with Crippen LogP contribution >= 0.6 is 0 Å². The second kappa shape index (κ2) is 7.57. The predicted molar refractivity (Wildman–Crippen MR) is 98.4 cm³/mol. The molecule has 3 aromatic rings. The van der Waals surface area contributed by atoms with Crippen LogP contribution in [0.25, 0.3) is 6.08 Å². The van der Waals surface area contributed by atoms with E-state index < -0.39 is 5.92 Å². The molecule has 0 saturated heterocycles. The molecule has 27 heavy (non-hydrogen) atoms. The molecule has 0 aliphatic carbocycles. The number of hydrogen-bond acceptors (Lipinski definition) is 3. The van der Waals surface area contributed by atoms with Crippen LogP contribution in [0.4, 0.5) is 14.5 Å². The van der Waals surface area contributed by atoms with Gasteiger partial charge < -0.3 is 9.73 Å². The molecule has 0 fully saturated rings. The number of amides is 1. The molecule has 0 aliphatic rings. The Bertz CT molecular complexity index is 950. The van der Waals surface area contributed by atoms with E-state index in [1.807, 2.05) is 31.2 Å². The lowest BCUT2D eigenvalue weighted by molar-refractivity contribution is -0.111. The van der Waals surface area contributed by atoms with Crippen molar-refractivity contribution in [3.63, 3.8) is 0 Å². The zero-order valence-electron chi connectivity index (χ0n) is 14.9. The highest BCUT2D eigenvalue weighted by Crippen LogP contribution is 2.28. The van der Waals surface area contributed by atoms with E-state index >= 15 is 0 Å². The molecule has 140 valence electrons. The van der Waals surface area contributed by atoms with Crippen molar-refractivity contribution < 1.29 is 18.0 Å². The lowest BCUT2D eigenvalue weighted by atomic mass is 10.1. The second-order valence-corrected chi connectivity index (χ2v) is 6.31. The van der Waals surface area contributed by atoms with Gasteiger partial charge in [0.1, 0.15) is 5.76 Å². The van der Waals surface area contributed by atoms with Gasteiger partial charge in [0.15, 0.2) is 5.76 Å². The van der Waals surface area contributed by atoms with Crippen molar-refractivity contribution in [1.82, 2.24) is 9.78 Å². The van der Waals surface area contributed by atoms with Gasteiger partial charge >= 0.3 is 5.92 Å². The SMILES string of the molecule is Cc1ccc(/C=C/C(=O)Nc2cnn(Cc3ccc(C(C)(F)F)o3)c2)cc1. The Morgan fingerprint density at radius 1 is 1.26 bits per heavy atom. The number of aromatic nitrogens is 2. The van der Waals surface area contributed by atoms with Crippen LogP contribution in [0.15, 0.2) is 59.3 Å². The molecular weight excluding hydrogens is 352 g/mol. The summed E-state index contributed by atoms with van der Waals surface area (Å²) in [5, 5.41) is 6.79. The van der Waals surface area contributed by atoms with Crippen LogP contribution in [0.3, 0.4) is 0 Å². The van der Waals surface area contributed by atoms with Gasteiger partial charge in [-0.15, -0.1) is 0 Å². The molecular formula is C20H19F2N3O2. The summed E-state index contributed by atoms with van der Waals surface area (Å²) in [7, 11) is 0. The van der Waals surface area contributed by atoms with E-state index in [-0.39, 0.29) is 18.2 Å². The summed E-state index contributed by atoms with van der Waals surface area (Å²) in [6.07, 6.45) is 6.23. The van der Waals surface area contributed by atoms with Gasteiger partial charge in [-0.2, -0.15) is 13.9 Å². The van der Waals surface area contributed by atoms with Crippen molar-refractivity contribution in [3.8, 4) is 0 Å². The molecule has 0 unspecified atom stereocenters. The average Bonchev–Trinajstić information content (AvgIpc) is 3.24. The monoisotopic (exact) mass is 371 g/mol. The van der Waals surface area contributed by atoms with E-state index in [9.17, 15) is 13.6 Å². The molecule has 7 heteroatoms. The van der Waals surface area contributed by atoms with Crippen LogP contribution in [0, 0.1) is 6.92 Å². The fourth-order valence-corrected chi connectivity index (χ4v) is 2.41. The lowest BCUT2D eigenvalue weighted by Crippen LogP contribution is -2.07. The summed E-state index contributed by atoms with van der Waals surface area (Å²) in [6.45, 7) is 2.96. The van der Waals surface area contributed by atoms with Gasteiger partial charge in [-0.1, -0.05) is 29.8 Å². The molecule has 0 aliphatic heterocycles. The molecule has 1 aromatic carbocycles. The Hall–Kier alpha value is -3.22. The molecule has 2 heterocycles. The second-order valence-electron chi connectivity index (χ2n) is 6.31. The molecule has 5 nitrogen and oxygen atoms in total. The number of hydrogen-bond donors (Lipinski definition) is 1. The van der Waals surface area contributed by atoms with Gasteiger partial charge in [0.2, 0.25) is 5.91 Å². The standard InChI is InChI=1S/C20H19F2N3O2/c1-14-3-5-15(6-4-14)7-10-19(26)24-16-11-23-25(12-16)13-17-8-9-18(27-17)20(2,21)22/h3-12H,13H2,1-2H3,(H,24,26)/b10-7+. The fourth-order valence-electron chi connectivity index (χ4n) is 2.41. The molecule has 0 atom stereocenters. The molecule has 0 bridgehead atoms. The third-order valence-electron chi connectivity index (χ3n) is 3.82. The van der Waals surface area contributed by atoms with Gasteiger partial charge in [0, 0.05) is 19.2 Å². The van der Waals surface area contributed by atoms with Crippen molar-refractivity contribution in [1.29, 1.82) is 0 Å². The van der Waals surface area contributed by atoms with E-state index in [2.05, 4.69) is 10.4 Å². The van der Waals surface area contributed by atoms with Crippen molar-refractivity contribution in [2.45, 2.75) is 26.3 Å². The van der Waals surface area contributed by atoms with Crippen LogP contribution in [0.5, 0.6) is 0 Å². The van der Waals surface area contributed by atoms with Gasteiger partial charge in [-0.3, -0.25) is 9.48 Å². The largest absolute Gasteiger partial charge is 0.458 e. The van der Waals surface area contributed by atoms with Gasteiger partial charge in [0.05, 0.1) is 18.4 Å². The molecule has 0 spiro atoms. The van der Waals surface area contributed by atoms with Crippen molar-refractivity contribution in [2.24, 2.45) is 0 Å². The number of benzene rings is 1. The van der Waals surface area contributed by atoms with Crippen molar-refractivity contribution in [3.05, 3.63) is 77.5 Å². The number of anilines is 1. The summed E-state index contributed by atoms with van der Waals surface area (Å²) in [5.74, 6) is -3.35. The molecule has 1 N–H and O–H groups in total. The number of nitrogens with zero attached hydrogens (tertiary/aromatic N) is 2. The highest BCUT2D eigenvalue weighted by Gasteiger charge is 2.28. The number of nitrogens with one attached hydrogen (secondary N) is 1. The molecule has 0 saturated carbocycles. The highest BCUT2D eigenvalue weighted by atomic mass is 19.3. The van der Waals surface area contributed by atoms with E-state index in [4.69, 9.17) is 4.42 Å². The van der Waals surface area contributed by atoms with Gasteiger partial charge in [-0.25, -0.2) is 0 Å². The maximum Gasteiger partial charge on any atom is 0.301 e. The minimum absolute atomic E-state index is 0.186. The number of rotatable bonds is 6. The van der Waals surface area contributed by atoms with Crippen molar-refractivity contribution >= 4 is 17.7 Å². The first kappa shape index (κ1) is 18.6. The van der Waals surface area contributed by atoms with E-state index in [1.54, 1.807) is 12.3 Å². The Kier molecular flexibility index (Phi) is 5.21. The first-order valence-corrected chi connectivity index (χ1v) is 8.35. The average molecular weight is 371 g/mol. The highest BCUT2D eigenvalue weighted by molar-refractivity contribution is 6.01. The number of alkyl halides is 2. The van der Waals surface area contributed by atoms with Crippen LogP contribution in [-0.2, 0) is 17.3 Å². The summed E-state index contributed by atoms with van der Waals surface area (Å²) < 4.78 is 33.0. The Morgan fingerprint density at radius 2 is 2.00 bits per heavy atom. The lowest BCUT2D eigenvalue weighted by Gasteiger charge is -2.05. The minimum atomic E-state index is -3.02. The quantitative estimate of drug-likeness (QED) is 0.645. The predicted octanol–water partition coefficient (Wildman–Crippen LogP) is 4.60. The van der Waals surface area contributed by atoms with E-state index in [0.29, 0.717) is 11.4 Å². The third-order valence-corrected chi connectivity index (χ3v) is 3.82. The van der Waals surface area contributed by atoms with Crippen LogP contribution in [-0.4, -0.2) is 15.7 Å². The number of aryl methyl sites for hydroxylation is 1. The number of carbonyl (C=O) groups excluding carboxylic acids is 1. The maximum absolute atomic E-state index is 13.2. The third kappa shape index (κ3) is 5.13. The van der Waals surface area contributed by atoms with Crippen molar-refractivity contribution in [2.75, 3.05) is 5.32 Å². The van der Waals surface area contributed by atoms with Crippen LogP contribution in [0.1, 0.15) is 29.6 Å². The van der Waals surface area contributed by atoms with E-state index in [0.717, 1.165) is 18.1 Å². The number of carbonyl (C=O) groups is 1. The Balaban J connectivity index is 1.58. The first-order valence-electron chi connectivity index (χ1n) is 8.35. The summed E-state index contributed by atoms with van der Waals surface area (Å²) >= 11 is 0. The van der Waals surface area contributed by atoms with E-state index in [1.165, 1.54) is 29.1 Å². The molecule has 0 radical (unpaired) electrons.